The fraction of sp³-hybridized carbons (Fsp3) is 0.923. The number of guanidine groups is 1. The van der Waals surface area contributed by atoms with E-state index in [4.69, 9.17) is 21.9 Å². The Bertz CT molecular complexity index is 1050. The molecule has 0 aromatic heterocycles. The zero-order valence-electron chi connectivity index (χ0n) is 30.7. The zero-order chi connectivity index (χ0) is 34.2. The highest BCUT2D eigenvalue weighted by Gasteiger charge is 2.60. The van der Waals surface area contributed by atoms with Gasteiger partial charge in [0.15, 0.2) is 5.96 Å². The van der Waals surface area contributed by atoms with Crippen molar-refractivity contribution >= 4 is 17.8 Å². The van der Waals surface area contributed by atoms with Crippen LogP contribution in [0.4, 0.5) is 0 Å². The molecule has 0 aromatic carbocycles. The summed E-state index contributed by atoms with van der Waals surface area (Å²) in [6.07, 6.45) is 20.2. The number of nitrogens with two attached hydrogens (primary N) is 3. The van der Waals surface area contributed by atoms with Gasteiger partial charge in [0, 0.05) is 19.5 Å². The van der Waals surface area contributed by atoms with E-state index in [1.807, 2.05) is 0 Å². The number of esters is 1. The molecule has 4 fully saturated rings. The van der Waals surface area contributed by atoms with Crippen LogP contribution in [0.3, 0.4) is 0 Å². The second-order valence-corrected chi connectivity index (χ2v) is 17.2. The molecule has 0 saturated heterocycles. The first-order chi connectivity index (χ1) is 22.3. The second kappa shape index (κ2) is 17.2. The van der Waals surface area contributed by atoms with E-state index in [0.29, 0.717) is 49.1 Å². The van der Waals surface area contributed by atoms with Crippen LogP contribution >= 0.6 is 0 Å². The quantitative estimate of drug-likeness (QED) is 0.0569. The van der Waals surface area contributed by atoms with Crippen molar-refractivity contribution in [3.05, 3.63) is 0 Å². The smallest absolute Gasteiger partial charge is 0.306 e. The third-order valence-corrected chi connectivity index (χ3v) is 13.8. The third-order valence-electron chi connectivity index (χ3n) is 13.8. The van der Waals surface area contributed by atoms with Crippen molar-refractivity contribution in [2.45, 2.75) is 162 Å². The molecular formula is C39H71N5O3. The summed E-state index contributed by atoms with van der Waals surface area (Å²) in [5, 5.41) is 2.90. The van der Waals surface area contributed by atoms with E-state index in [2.05, 4.69) is 44.9 Å². The van der Waals surface area contributed by atoms with Gasteiger partial charge in [0.2, 0.25) is 5.91 Å². The van der Waals surface area contributed by atoms with Crippen molar-refractivity contribution in [1.29, 1.82) is 0 Å². The van der Waals surface area contributed by atoms with Crippen LogP contribution in [-0.4, -0.2) is 43.1 Å². The second-order valence-electron chi connectivity index (χ2n) is 17.2. The number of amides is 1. The minimum absolute atomic E-state index is 0.0490. The molecule has 10 atom stereocenters. The van der Waals surface area contributed by atoms with E-state index in [0.717, 1.165) is 67.6 Å². The molecule has 1 amide bonds. The third kappa shape index (κ3) is 9.66. The fourth-order valence-corrected chi connectivity index (χ4v) is 11.2. The predicted molar refractivity (Wildman–Crippen MR) is 192 cm³/mol. The number of rotatable bonds is 17. The van der Waals surface area contributed by atoms with Crippen LogP contribution in [-0.2, 0) is 14.3 Å². The first kappa shape index (κ1) is 38.0. The first-order valence-corrected chi connectivity index (χ1v) is 19.6. The lowest BCUT2D eigenvalue weighted by atomic mass is 9.44. The van der Waals surface area contributed by atoms with Crippen molar-refractivity contribution in [3.8, 4) is 0 Å². The summed E-state index contributed by atoms with van der Waals surface area (Å²) in [7, 11) is 0. The van der Waals surface area contributed by atoms with Gasteiger partial charge >= 0.3 is 5.97 Å². The highest BCUT2D eigenvalue weighted by atomic mass is 16.5. The molecule has 0 radical (unpaired) electrons. The molecule has 0 unspecified atom stereocenters. The van der Waals surface area contributed by atoms with Crippen molar-refractivity contribution in [2.75, 3.05) is 13.1 Å². The van der Waals surface area contributed by atoms with Gasteiger partial charge in [-0.2, -0.15) is 0 Å². The molecule has 8 heteroatoms. The molecule has 0 spiro atoms. The van der Waals surface area contributed by atoms with Gasteiger partial charge in [-0.05, 0) is 136 Å². The molecule has 4 rings (SSSR count). The van der Waals surface area contributed by atoms with Crippen LogP contribution in [0.25, 0.3) is 0 Å². The number of aliphatic imine (C=N–C) groups is 1. The summed E-state index contributed by atoms with van der Waals surface area (Å²) >= 11 is 0. The Balaban J connectivity index is 1.14. The van der Waals surface area contributed by atoms with E-state index in [1.165, 1.54) is 64.2 Å². The summed E-state index contributed by atoms with van der Waals surface area (Å²) in [5.74, 6) is 5.81. The number of nitrogens with zero attached hydrogens (tertiary/aromatic N) is 1. The van der Waals surface area contributed by atoms with Gasteiger partial charge in [0.05, 0.1) is 6.04 Å². The van der Waals surface area contributed by atoms with Crippen molar-refractivity contribution in [2.24, 2.45) is 74.4 Å². The Morgan fingerprint density at radius 1 is 0.851 bits per heavy atom. The Morgan fingerprint density at radius 2 is 1.60 bits per heavy atom. The van der Waals surface area contributed by atoms with Crippen LogP contribution in [0.2, 0.25) is 0 Å². The molecule has 7 N–H and O–H groups in total. The Morgan fingerprint density at radius 3 is 2.34 bits per heavy atom. The molecule has 0 heterocycles. The van der Waals surface area contributed by atoms with Crippen LogP contribution in [0.15, 0.2) is 4.99 Å². The molecule has 4 aliphatic rings. The maximum Gasteiger partial charge on any atom is 0.306 e. The molecule has 0 bridgehead atoms. The number of nitrogens with one attached hydrogen (secondary N) is 1. The number of hydrogen-bond donors (Lipinski definition) is 4. The number of carbonyl (C=O) groups is 2. The predicted octanol–water partition coefficient (Wildman–Crippen LogP) is 7.08. The first-order valence-electron chi connectivity index (χ1n) is 19.6. The van der Waals surface area contributed by atoms with Gasteiger partial charge in [-0.3, -0.25) is 14.6 Å². The van der Waals surface area contributed by atoms with E-state index < -0.39 is 6.04 Å². The van der Waals surface area contributed by atoms with Gasteiger partial charge in [0.25, 0.3) is 0 Å². The lowest BCUT2D eigenvalue weighted by molar-refractivity contribution is -0.162. The minimum Gasteiger partial charge on any atom is -0.462 e. The SMILES string of the molecule is CC(C)CCC[C@@H](C)[C@H]1CC[C@H]2[C@@H]3CC[C@H]4C[C@@H](OC(=O)CCCCCNC(=O)[C@@H](N)CCCN=C(N)N)CC[C@]4(C)[C@H]3CC[C@]12C. The Labute approximate surface area is 286 Å². The zero-order valence-corrected chi connectivity index (χ0v) is 30.7. The summed E-state index contributed by atoms with van der Waals surface area (Å²) in [5.41, 5.74) is 17.5. The molecule has 0 aromatic rings. The van der Waals surface area contributed by atoms with E-state index in [-0.39, 0.29) is 23.9 Å². The number of carbonyl (C=O) groups excluding carboxylic acids is 2. The number of ether oxygens (including phenoxy) is 1. The average molecular weight is 658 g/mol. The highest BCUT2D eigenvalue weighted by Crippen LogP contribution is 2.68. The van der Waals surface area contributed by atoms with E-state index >= 15 is 0 Å². The average Bonchev–Trinajstić information content (AvgIpc) is 3.38. The molecular weight excluding hydrogens is 586 g/mol. The molecule has 270 valence electrons. The minimum atomic E-state index is -0.557. The van der Waals surface area contributed by atoms with Gasteiger partial charge in [-0.25, -0.2) is 0 Å². The molecule has 47 heavy (non-hydrogen) atoms. The van der Waals surface area contributed by atoms with Crippen molar-refractivity contribution < 1.29 is 14.3 Å². The Kier molecular flexibility index (Phi) is 13.9. The topological polar surface area (TPSA) is 146 Å². The molecule has 4 aliphatic carbocycles. The molecule has 8 nitrogen and oxygen atoms in total. The number of unbranched alkanes of at least 4 members (excludes halogenated alkanes) is 2. The molecule has 4 saturated carbocycles. The lowest BCUT2D eigenvalue weighted by Crippen LogP contribution is -2.54. The summed E-state index contributed by atoms with van der Waals surface area (Å²) in [6.45, 7) is 13.7. The maximum absolute atomic E-state index is 12.8. The van der Waals surface area contributed by atoms with Gasteiger partial charge in [0.1, 0.15) is 6.10 Å². The van der Waals surface area contributed by atoms with Crippen LogP contribution in [0.5, 0.6) is 0 Å². The number of hydrogen-bond acceptors (Lipinski definition) is 5. The summed E-state index contributed by atoms with van der Waals surface area (Å²) in [4.78, 5) is 28.9. The van der Waals surface area contributed by atoms with Crippen molar-refractivity contribution in [1.82, 2.24) is 5.32 Å². The summed E-state index contributed by atoms with van der Waals surface area (Å²) < 4.78 is 6.08. The van der Waals surface area contributed by atoms with Gasteiger partial charge in [-0.1, -0.05) is 60.3 Å². The standard InChI is InChI=1S/C39H71N5O3/c1-26(2)11-9-12-27(3)31-17-18-32-30-16-15-28-25-29(19-21-38(28,4)33(30)20-22-39(31,32)5)47-35(45)14-7-6-8-23-43-36(46)34(40)13-10-24-44-37(41)42/h26-34H,6-25,40H2,1-5H3,(H,43,46)(H4,41,42,44)/t27-,28+,29+,30+,31-,32+,33+,34+,38+,39-/m1/s1. The van der Waals surface area contributed by atoms with E-state index in [9.17, 15) is 9.59 Å². The monoisotopic (exact) mass is 658 g/mol. The van der Waals surface area contributed by atoms with Crippen LogP contribution in [0.1, 0.15) is 150 Å². The fourth-order valence-electron chi connectivity index (χ4n) is 11.2. The van der Waals surface area contributed by atoms with Crippen LogP contribution < -0.4 is 22.5 Å². The molecule has 0 aliphatic heterocycles. The van der Waals surface area contributed by atoms with E-state index in [1.54, 1.807) is 0 Å². The largest absolute Gasteiger partial charge is 0.462 e. The summed E-state index contributed by atoms with van der Waals surface area (Å²) in [6, 6.07) is -0.557. The lowest BCUT2D eigenvalue weighted by Gasteiger charge is -2.61. The maximum atomic E-state index is 12.8. The van der Waals surface area contributed by atoms with Gasteiger partial charge in [-0.15, -0.1) is 0 Å². The van der Waals surface area contributed by atoms with Gasteiger partial charge < -0.3 is 27.3 Å². The Hall–Kier alpha value is -1.83. The number of fused-ring (bicyclic) bond motifs is 5. The highest BCUT2D eigenvalue weighted by molar-refractivity contribution is 5.81. The van der Waals surface area contributed by atoms with Crippen molar-refractivity contribution in [3.63, 3.8) is 0 Å². The van der Waals surface area contributed by atoms with Crippen LogP contribution in [0, 0.1) is 52.3 Å². The normalized spacial score (nSPS) is 34.4.